The van der Waals surface area contributed by atoms with Gasteiger partial charge < -0.3 is 21.1 Å². The molecule has 32 heavy (non-hydrogen) atoms. The van der Waals surface area contributed by atoms with Gasteiger partial charge in [-0.1, -0.05) is 12.1 Å². The van der Waals surface area contributed by atoms with Crippen molar-refractivity contribution >= 4 is 45.2 Å². The van der Waals surface area contributed by atoms with E-state index in [1.807, 2.05) is 0 Å². The van der Waals surface area contributed by atoms with Crippen LogP contribution in [0.3, 0.4) is 0 Å². The maximum Gasteiger partial charge on any atom is 0.326 e. The summed E-state index contributed by atoms with van der Waals surface area (Å²) in [6, 6.07) is 10.7. The SMILES string of the molecule is Cc1cc(NC(=O)NC(=O)c2ccccc2NC(=O)CN)ccc1Oc1ncc(Br)cn1. The van der Waals surface area contributed by atoms with E-state index in [0.717, 1.165) is 10.0 Å². The van der Waals surface area contributed by atoms with Crippen LogP contribution in [0.5, 0.6) is 11.8 Å². The maximum absolute atomic E-state index is 12.5. The summed E-state index contributed by atoms with van der Waals surface area (Å²) < 4.78 is 6.36. The summed E-state index contributed by atoms with van der Waals surface area (Å²) in [5.41, 5.74) is 6.83. The number of anilines is 2. The Morgan fingerprint density at radius 3 is 2.47 bits per heavy atom. The van der Waals surface area contributed by atoms with Crippen molar-refractivity contribution in [3.8, 4) is 11.8 Å². The molecule has 3 rings (SSSR count). The van der Waals surface area contributed by atoms with E-state index in [2.05, 4.69) is 41.8 Å². The molecule has 0 bridgehead atoms. The number of halogens is 1. The zero-order valence-corrected chi connectivity index (χ0v) is 18.5. The first kappa shape index (κ1) is 22.8. The number of urea groups is 1. The smallest absolute Gasteiger partial charge is 0.326 e. The van der Waals surface area contributed by atoms with E-state index in [1.54, 1.807) is 49.6 Å². The normalized spacial score (nSPS) is 10.2. The van der Waals surface area contributed by atoms with Gasteiger partial charge in [-0.05, 0) is 58.7 Å². The Labute approximate surface area is 191 Å². The number of ether oxygens (including phenoxy) is 1. The van der Waals surface area contributed by atoms with Crippen molar-refractivity contribution < 1.29 is 19.1 Å². The number of carbonyl (C=O) groups excluding carboxylic acids is 3. The van der Waals surface area contributed by atoms with Gasteiger partial charge in [-0.15, -0.1) is 0 Å². The summed E-state index contributed by atoms with van der Waals surface area (Å²) in [6.07, 6.45) is 3.13. The number of rotatable bonds is 6. The molecule has 0 aliphatic heterocycles. The lowest BCUT2D eigenvalue weighted by Crippen LogP contribution is -2.35. The number of benzene rings is 2. The zero-order chi connectivity index (χ0) is 23.1. The third kappa shape index (κ3) is 6.09. The maximum atomic E-state index is 12.5. The third-order valence-electron chi connectivity index (χ3n) is 4.09. The summed E-state index contributed by atoms with van der Waals surface area (Å²) >= 11 is 3.25. The van der Waals surface area contributed by atoms with Gasteiger partial charge in [0.2, 0.25) is 5.91 Å². The van der Waals surface area contributed by atoms with E-state index < -0.39 is 17.8 Å². The van der Waals surface area contributed by atoms with E-state index >= 15 is 0 Å². The van der Waals surface area contributed by atoms with Crippen molar-refractivity contribution in [1.29, 1.82) is 0 Å². The zero-order valence-electron chi connectivity index (χ0n) is 16.9. The van der Waals surface area contributed by atoms with Gasteiger partial charge in [0.15, 0.2) is 0 Å². The van der Waals surface area contributed by atoms with Gasteiger partial charge in [-0.3, -0.25) is 14.9 Å². The van der Waals surface area contributed by atoms with Crippen LogP contribution in [0.2, 0.25) is 0 Å². The van der Waals surface area contributed by atoms with Crippen LogP contribution in [0.15, 0.2) is 59.3 Å². The molecule has 2 aromatic carbocycles. The molecule has 0 aliphatic rings. The molecule has 5 N–H and O–H groups in total. The fourth-order valence-corrected chi connectivity index (χ4v) is 2.82. The van der Waals surface area contributed by atoms with Gasteiger partial charge in [0.1, 0.15) is 5.75 Å². The number of aryl methyl sites for hydroxylation is 1. The van der Waals surface area contributed by atoms with E-state index in [1.165, 1.54) is 12.1 Å². The molecule has 0 atom stereocenters. The van der Waals surface area contributed by atoms with Crippen molar-refractivity contribution in [1.82, 2.24) is 15.3 Å². The van der Waals surface area contributed by atoms with Crippen LogP contribution in [0.25, 0.3) is 0 Å². The monoisotopic (exact) mass is 498 g/mol. The number of hydrogen-bond donors (Lipinski definition) is 4. The van der Waals surface area contributed by atoms with Gasteiger partial charge >= 0.3 is 12.0 Å². The number of para-hydroxylation sites is 1. The Bertz CT molecular complexity index is 1150. The second-order valence-electron chi connectivity index (χ2n) is 6.47. The van der Waals surface area contributed by atoms with Crippen LogP contribution in [0.4, 0.5) is 16.2 Å². The summed E-state index contributed by atoms with van der Waals surface area (Å²) in [4.78, 5) is 44.4. The van der Waals surface area contributed by atoms with E-state index in [4.69, 9.17) is 10.5 Å². The van der Waals surface area contributed by atoms with E-state index in [-0.39, 0.29) is 23.8 Å². The molecule has 1 heterocycles. The minimum atomic E-state index is -0.737. The average Bonchev–Trinajstić information content (AvgIpc) is 2.77. The summed E-state index contributed by atoms with van der Waals surface area (Å²) in [7, 11) is 0. The van der Waals surface area contributed by atoms with Crippen molar-refractivity contribution in [2.75, 3.05) is 17.2 Å². The van der Waals surface area contributed by atoms with Gasteiger partial charge in [-0.25, -0.2) is 14.8 Å². The molecule has 3 aromatic rings. The molecule has 0 unspecified atom stereocenters. The number of nitrogens with zero attached hydrogens (tertiary/aromatic N) is 2. The lowest BCUT2D eigenvalue weighted by atomic mass is 10.1. The second kappa shape index (κ2) is 10.5. The van der Waals surface area contributed by atoms with Gasteiger partial charge in [0.25, 0.3) is 5.91 Å². The molecule has 164 valence electrons. The first-order chi connectivity index (χ1) is 15.4. The lowest BCUT2D eigenvalue weighted by molar-refractivity contribution is -0.114. The Kier molecular flexibility index (Phi) is 7.47. The van der Waals surface area contributed by atoms with Gasteiger partial charge in [0.05, 0.1) is 22.3 Å². The van der Waals surface area contributed by atoms with Gasteiger partial charge in [0, 0.05) is 18.1 Å². The first-order valence-electron chi connectivity index (χ1n) is 9.33. The average molecular weight is 499 g/mol. The minimum absolute atomic E-state index is 0.124. The van der Waals surface area contributed by atoms with Crippen molar-refractivity contribution in [3.63, 3.8) is 0 Å². The fraction of sp³-hybridized carbons (Fsp3) is 0.0952. The molecule has 11 heteroatoms. The molecule has 1 aromatic heterocycles. The summed E-state index contributed by atoms with van der Waals surface area (Å²) in [5.74, 6) is -0.626. The van der Waals surface area contributed by atoms with E-state index in [9.17, 15) is 14.4 Å². The Morgan fingerprint density at radius 1 is 1.06 bits per heavy atom. The molecule has 0 fully saturated rings. The van der Waals surface area contributed by atoms with Crippen LogP contribution in [0, 0.1) is 6.92 Å². The molecule has 0 saturated carbocycles. The summed E-state index contributed by atoms with van der Waals surface area (Å²) in [6.45, 7) is 1.56. The highest BCUT2D eigenvalue weighted by molar-refractivity contribution is 9.10. The van der Waals surface area contributed by atoms with Crippen LogP contribution < -0.4 is 26.4 Å². The quantitative estimate of drug-likeness (QED) is 0.407. The molecule has 0 radical (unpaired) electrons. The molecule has 10 nitrogen and oxygen atoms in total. The number of imide groups is 1. The molecule has 0 aliphatic carbocycles. The fourth-order valence-electron chi connectivity index (χ4n) is 2.62. The number of nitrogens with two attached hydrogens (primary N) is 1. The number of amides is 4. The van der Waals surface area contributed by atoms with Crippen molar-refractivity contribution in [3.05, 3.63) is 70.5 Å². The molecule has 4 amide bonds. The van der Waals surface area contributed by atoms with Crippen molar-refractivity contribution in [2.24, 2.45) is 5.73 Å². The number of carbonyl (C=O) groups is 3. The molecule has 0 spiro atoms. The number of nitrogens with one attached hydrogen (secondary N) is 3. The Balaban J connectivity index is 1.64. The van der Waals surface area contributed by atoms with E-state index in [0.29, 0.717) is 11.4 Å². The Hall–Kier alpha value is -3.83. The predicted molar refractivity (Wildman–Crippen MR) is 122 cm³/mol. The van der Waals surface area contributed by atoms with Crippen LogP contribution >= 0.6 is 15.9 Å². The van der Waals surface area contributed by atoms with Crippen LogP contribution in [-0.2, 0) is 4.79 Å². The number of hydrogen-bond acceptors (Lipinski definition) is 7. The predicted octanol–water partition coefficient (Wildman–Crippen LogP) is 3.20. The first-order valence-corrected chi connectivity index (χ1v) is 10.1. The molecule has 0 saturated heterocycles. The standard InChI is InChI=1S/C21H19BrN6O4/c1-12-8-14(6-7-17(12)32-21-24-10-13(22)11-25-21)26-20(31)28-19(30)15-4-2-3-5-16(15)27-18(29)9-23/h2-8,10-11H,9,23H2,1H3,(H,27,29)(H2,26,28,30,31). The molecular formula is C21H19BrN6O4. The lowest BCUT2D eigenvalue weighted by Gasteiger charge is -2.12. The van der Waals surface area contributed by atoms with Crippen LogP contribution in [-0.4, -0.2) is 34.4 Å². The summed E-state index contributed by atoms with van der Waals surface area (Å²) in [5, 5.41) is 7.33. The van der Waals surface area contributed by atoms with Crippen LogP contribution in [0.1, 0.15) is 15.9 Å². The molecular weight excluding hydrogens is 480 g/mol. The highest BCUT2D eigenvalue weighted by Crippen LogP contribution is 2.25. The Morgan fingerprint density at radius 2 is 1.78 bits per heavy atom. The third-order valence-corrected chi connectivity index (χ3v) is 4.50. The topological polar surface area (TPSA) is 148 Å². The second-order valence-corrected chi connectivity index (χ2v) is 7.39. The minimum Gasteiger partial charge on any atom is -0.424 e. The van der Waals surface area contributed by atoms with Crippen molar-refractivity contribution in [2.45, 2.75) is 6.92 Å². The largest absolute Gasteiger partial charge is 0.424 e. The highest BCUT2D eigenvalue weighted by atomic mass is 79.9. The van der Waals surface area contributed by atoms with Gasteiger partial charge in [-0.2, -0.15) is 0 Å². The number of aromatic nitrogens is 2. The highest BCUT2D eigenvalue weighted by Gasteiger charge is 2.16.